The van der Waals surface area contributed by atoms with Gasteiger partial charge in [-0.05, 0) is 25.7 Å². The molecule has 0 bridgehead atoms. The van der Waals surface area contributed by atoms with Crippen molar-refractivity contribution in [1.29, 1.82) is 0 Å². The summed E-state index contributed by atoms with van der Waals surface area (Å²) in [5.74, 6) is -0.0801. The minimum atomic E-state index is -0.614. The van der Waals surface area contributed by atoms with Crippen LogP contribution in [0.25, 0.3) is 0 Å². The van der Waals surface area contributed by atoms with Crippen molar-refractivity contribution in [2.45, 2.75) is 56.2 Å². The van der Waals surface area contributed by atoms with Gasteiger partial charge in [-0.25, -0.2) is 0 Å². The lowest BCUT2D eigenvalue weighted by Crippen LogP contribution is -2.51. The van der Waals surface area contributed by atoms with Gasteiger partial charge in [0.25, 0.3) is 0 Å². The van der Waals surface area contributed by atoms with Gasteiger partial charge < -0.3 is 16.2 Å². The van der Waals surface area contributed by atoms with Crippen molar-refractivity contribution >= 4 is 5.91 Å². The fourth-order valence-electron chi connectivity index (χ4n) is 1.95. The highest BCUT2D eigenvalue weighted by Crippen LogP contribution is 2.32. The average molecular weight is 198 g/mol. The molecule has 2 fully saturated rings. The molecule has 2 aliphatic rings. The lowest BCUT2D eigenvalue weighted by molar-refractivity contribution is -0.125. The summed E-state index contributed by atoms with van der Waals surface area (Å²) in [7, 11) is 0. The second-order valence-electron chi connectivity index (χ2n) is 4.59. The highest BCUT2D eigenvalue weighted by molar-refractivity contribution is 5.89. The third kappa shape index (κ3) is 1.91. The number of rotatable bonds is 2. The third-order valence-corrected chi connectivity index (χ3v) is 3.29. The number of amides is 1. The van der Waals surface area contributed by atoms with Gasteiger partial charge >= 0.3 is 0 Å². The Kier molecular flexibility index (Phi) is 2.49. The Morgan fingerprint density at radius 1 is 1.36 bits per heavy atom. The summed E-state index contributed by atoms with van der Waals surface area (Å²) in [5.41, 5.74) is 5.15. The van der Waals surface area contributed by atoms with Gasteiger partial charge in [-0.2, -0.15) is 0 Å². The van der Waals surface area contributed by atoms with Gasteiger partial charge in [-0.1, -0.05) is 12.8 Å². The second-order valence-corrected chi connectivity index (χ2v) is 4.59. The molecule has 0 aromatic rings. The van der Waals surface area contributed by atoms with Gasteiger partial charge in [0.1, 0.15) is 0 Å². The molecule has 0 aromatic carbocycles. The van der Waals surface area contributed by atoms with Crippen molar-refractivity contribution in [2.24, 2.45) is 5.73 Å². The minimum Gasteiger partial charge on any atom is -0.391 e. The maximum atomic E-state index is 11.6. The van der Waals surface area contributed by atoms with Crippen LogP contribution < -0.4 is 11.1 Å². The van der Waals surface area contributed by atoms with E-state index in [1.807, 2.05) is 0 Å². The lowest BCUT2D eigenvalue weighted by atomic mass is 9.92. The van der Waals surface area contributed by atoms with Crippen LogP contribution in [0.2, 0.25) is 0 Å². The van der Waals surface area contributed by atoms with Crippen LogP contribution in [-0.2, 0) is 4.79 Å². The van der Waals surface area contributed by atoms with Crippen molar-refractivity contribution in [3.8, 4) is 0 Å². The van der Waals surface area contributed by atoms with Gasteiger partial charge in [0, 0.05) is 0 Å². The Balaban J connectivity index is 1.86. The molecule has 4 nitrogen and oxygen atoms in total. The Bertz CT molecular complexity index is 238. The van der Waals surface area contributed by atoms with Gasteiger partial charge in [-0.3, -0.25) is 4.79 Å². The largest absolute Gasteiger partial charge is 0.391 e. The molecule has 2 aliphatic carbocycles. The van der Waals surface area contributed by atoms with E-state index in [-0.39, 0.29) is 18.1 Å². The number of nitrogens with two attached hydrogens (primary N) is 1. The number of aliphatic hydroxyl groups excluding tert-OH is 1. The molecule has 0 saturated heterocycles. The van der Waals surface area contributed by atoms with E-state index in [4.69, 9.17) is 5.73 Å². The Morgan fingerprint density at radius 3 is 2.57 bits per heavy atom. The van der Waals surface area contributed by atoms with Crippen molar-refractivity contribution in [1.82, 2.24) is 5.32 Å². The summed E-state index contributed by atoms with van der Waals surface area (Å²) in [6.07, 6.45) is 4.99. The fourth-order valence-corrected chi connectivity index (χ4v) is 1.95. The van der Waals surface area contributed by atoms with Crippen LogP contribution in [0.4, 0.5) is 0 Å². The first-order chi connectivity index (χ1) is 6.62. The maximum absolute atomic E-state index is 11.6. The molecule has 2 saturated carbocycles. The first-order valence-corrected chi connectivity index (χ1v) is 5.40. The molecule has 2 unspecified atom stereocenters. The van der Waals surface area contributed by atoms with E-state index in [0.717, 1.165) is 38.5 Å². The standard InChI is InChI=1S/C10H18N2O2/c11-10(5-6-10)9(14)12-7-3-1-2-4-8(7)13/h7-8,13H,1-6,11H2,(H,12,14). The van der Waals surface area contributed by atoms with Crippen LogP contribution in [0.3, 0.4) is 0 Å². The number of hydrogen-bond donors (Lipinski definition) is 3. The van der Waals surface area contributed by atoms with Gasteiger partial charge in [0.05, 0.1) is 17.7 Å². The Labute approximate surface area is 83.9 Å². The first-order valence-electron chi connectivity index (χ1n) is 5.40. The van der Waals surface area contributed by atoms with E-state index in [0.29, 0.717) is 0 Å². The van der Waals surface area contributed by atoms with Gasteiger partial charge in [0.15, 0.2) is 0 Å². The molecular weight excluding hydrogens is 180 g/mol. The quantitative estimate of drug-likeness (QED) is 0.580. The molecule has 4 heteroatoms. The van der Waals surface area contributed by atoms with E-state index in [2.05, 4.69) is 5.32 Å². The van der Waals surface area contributed by atoms with Crippen LogP contribution in [0.1, 0.15) is 38.5 Å². The molecule has 0 spiro atoms. The van der Waals surface area contributed by atoms with Crippen LogP contribution in [0, 0.1) is 0 Å². The van der Waals surface area contributed by atoms with Crippen LogP contribution in [0.5, 0.6) is 0 Å². The van der Waals surface area contributed by atoms with E-state index in [1.165, 1.54) is 0 Å². The topological polar surface area (TPSA) is 75.4 Å². The van der Waals surface area contributed by atoms with E-state index in [1.54, 1.807) is 0 Å². The van der Waals surface area contributed by atoms with Crippen LogP contribution in [0.15, 0.2) is 0 Å². The zero-order valence-electron chi connectivity index (χ0n) is 8.33. The monoisotopic (exact) mass is 198 g/mol. The summed E-state index contributed by atoms with van der Waals surface area (Å²) in [4.78, 5) is 11.6. The highest BCUT2D eigenvalue weighted by Gasteiger charge is 2.46. The number of hydrogen-bond acceptors (Lipinski definition) is 3. The SMILES string of the molecule is NC1(C(=O)NC2CCCCC2O)CC1. The van der Waals surface area contributed by atoms with E-state index >= 15 is 0 Å². The smallest absolute Gasteiger partial charge is 0.240 e. The number of carbonyl (C=O) groups is 1. The molecule has 2 rings (SSSR count). The predicted octanol–water partition coefficient (Wildman–Crippen LogP) is -0.103. The van der Waals surface area contributed by atoms with E-state index in [9.17, 15) is 9.90 Å². The molecule has 0 heterocycles. The number of carbonyl (C=O) groups excluding carboxylic acids is 1. The van der Waals surface area contributed by atoms with Gasteiger partial charge in [0.2, 0.25) is 5.91 Å². The average Bonchev–Trinajstić information content (AvgIpc) is 2.89. The zero-order chi connectivity index (χ0) is 10.2. The summed E-state index contributed by atoms with van der Waals surface area (Å²) in [6.45, 7) is 0. The molecule has 1 amide bonds. The molecule has 0 aliphatic heterocycles. The third-order valence-electron chi connectivity index (χ3n) is 3.29. The second kappa shape index (κ2) is 3.51. The van der Waals surface area contributed by atoms with Crippen molar-refractivity contribution in [2.75, 3.05) is 0 Å². The van der Waals surface area contributed by atoms with Gasteiger partial charge in [-0.15, -0.1) is 0 Å². The summed E-state index contributed by atoms with van der Waals surface area (Å²) in [6, 6.07) is -0.0720. The molecule has 2 atom stereocenters. The summed E-state index contributed by atoms with van der Waals surface area (Å²) >= 11 is 0. The summed E-state index contributed by atoms with van der Waals surface area (Å²) in [5, 5.41) is 12.5. The van der Waals surface area contributed by atoms with Crippen molar-refractivity contribution in [3.05, 3.63) is 0 Å². The molecule has 0 radical (unpaired) electrons. The zero-order valence-corrected chi connectivity index (χ0v) is 8.33. The van der Waals surface area contributed by atoms with Crippen LogP contribution >= 0.6 is 0 Å². The highest BCUT2D eigenvalue weighted by atomic mass is 16.3. The Morgan fingerprint density at radius 2 is 2.00 bits per heavy atom. The van der Waals surface area contributed by atoms with E-state index < -0.39 is 5.54 Å². The molecule has 80 valence electrons. The molecule has 4 N–H and O–H groups in total. The lowest BCUT2D eigenvalue weighted by Gasteiger charge is -2.29. The van der Waals surface area contributed by atoms with Crippen molar-refractivity contribution < 1.29 is 9.90 Å². The molecular formula is C10H18N2O2. The molecule has 14 heavy (non-hydrogen) atoms. The number of aliphatic hydroxyl groups is 1. The molecule has 0 aromatic heterocycles. The van der Waals surface area contributed by atoms with Crippen molar-refractivity contribution in [3.63, 3.8) is 0 Å². The Hall–Kier alpha value is -0.610. The fraction of sp³-hybridized carbons (Fsp3) is 0.900. The summed E-state index contributed by atoms with van der Waals surface area (Å²) < 4.78 is 0. The first kappa shape index (κ1) is 9.93. The maximum Gasteiger partial charge on any atom is 0.240 e. The predicted molar refractivity (Wildman–Crippen MR) is 52.6 cm³/mol. The normalized spacial score (nSPS) is 35.0. The van der Waals surface area contributed by atoms with Crippen LogP contribution in [-0.4, -0.2) is 28.7 Å². The minimum absolute atomic E-state index is 0.0720. The number of nitrogens with one attached hydrogen (secondary N) is 1.